The van der Waals surface area contributed by atoms with Crippen LogP contribution in [0.5, 0.6) is 0 Å². The Morgan fingerprint density at radius 1 is 1.17 bits per heavy atom. The van der Waals surface area contributed by atoms with Crippen molar-refractivity contribution < 1.29 is 4.90 Å². The van der Waals surface area contributed by atoms with Gasteiger partial charge in [-0.2, -0.15) is 0 Å². The van der Waals surface area contributed by atoms with Gasteiger partial charge in [0, 0.05) is 11.1 Å². The molecule has 0 saturated heterocycles. The molecule has 0 saturated carbocycles. The average Bonchev–Trinajstić information content (AvgIpc) is 2.71. The Balaban J connectivity index is 1.82. The second kappa shape index (κ2) is 9.87. The van der Waals surface area contributed by atoms with Crippen LogP contribution in [0.2, 0.25) is 0 Å². The number of thiocarbonyl (C=S) groups is 1. The maximum Gasteiger partial charge on any atom is 0.253 e. The predicted octanol–water partition coefficient (Wildman–Crippen LogP) is 2.42. The van der Waals surface area contributed by atoms with Crippen molar-refractivity contribution in [2.45, 2.75) is 26.4 Å². The van der Waals surface area contributed by atoms with E-state index in [1.807, 2.05) is 43.3 Å². The minimum atomic E-state index is -0.0609. The molecule has 1 heterocycles. The number of aromatic nitrogens is 1. The third kappa shape index (κ3) is 5.68. The number of nitrogens with zero attached hydrogens (tertiary/aromatic N) is 1. The monoisotopic (exact) mass is 423 g/mol. The quantitative estimate of drug-likeness (QED) is 0.511. The maximum atomic E-state index is 12.7. The van der Waals surface area contributed by atoms with Gasteiger partial charge in [-0.15, -0.1) is 0 Å². The summed E-state index contributed by atoms with van der Waals surface area (Å²) >= 11 is 5.75. The first-order valence-corrected chi connectivity index (χ1v) is 10.8. The lowest BCUT2D eigenvalue weighted by atomic mass is 10.1. The van der Waals surface area contributed by atoms with Crippen LogP contribution in [0, 0.1) is 6.92 Å². The molecule has 6 heteroatoms. The smallest absolute Gasteiger partial charge is 0.253 e. The van der Waals surface area contributed by atoms with Crippen molar-refractivity contribution in [2.24, 2.45) is 0 Å². The van der Waals surface area contributed by atoms with Gasteiger partial charge in [-0.3, -0.25) is 4.79 Å². The fraction of sp³-hybridized carbons (Fsp3) is 0.333. The fourth-order valence-electron chi connectivity index (χ4n) is 3.40. The van der Waals surface area contributed by atoms with Crippen molar-refractivity contribution in [3.05, 3.63) is 81.6 Å². The first kappa shape index (κ1) is 22.0. The molecular formula is C24H31N4OS+. The third-order valence-corrected chi connectivity index (χ3v) is 5.62. The molecule has 0 fully saturated rings. The molecular weight excluding hydrogens is 392 g/mol. The van der Waals surface area contributed by atoms with Crippen molar-refractivity contribution in [2.75, 3.05) is 27.2 Å². The Morgan fingerprint density at radius 2 is 1.90 bits per heavy atom. The highest BCUT2D eigenvalue weighted by molar-refractivity contribution is 7.80. The number of hydrogen-bond donors (Lipinski definition) is 3. The van der Waals surface area contributed by atoms with Gasteiger partial charge in [0.05, 0.1) is 39.8 Å². The molecule has 0 radical (unpaired) electrons. The molecule has 3 rings (SSSR count). The van der Waals surface area contributed by atoms with Crippen LogP contribution in [0.1, 0.15) is 29.7 Å². The lowest BCUT2D eigenvalue weighted by Gasteiger charge is -2.28. The largest absolute Gasteiger partial charge is 0.356 e. The van der Waals surface area contributed by atoms with Gasteiger partial charge in [0.15, 0.2) is 5.11 Å². The van der Waals surface area contributed by atoms with Gasteiger partial charge in [-0.25, -0.2) is 0 Å². The summed E-state index contributed by atoms with van der Waals surface area (Å²) in [5, 5.41) is 5.14. The lowest BCUT2D eigenvalue weighted by Crippen LogP contribution is -3.06. The molecule has 0 spiro atoms. The van der Waals surface area contributed by atoms with E-state index in [1.54, 1.807) is 0 Å². The summed E-state index contributed by atoms with van der Waals surface area (Å²) in [4.78, 5) is 19.2. The normalized spacial score (nSPS) is 12.2. The number of rotatable bonds is 7. The van der Waals surface area contributed by atoms with Crippen molar-refractivity contribution in [1.29, 1.82) is 0 Å². The van der Waals surface area contributed by atoms with Crippen LogP contribution >= 0.6 is 12.2 Å². The zero-order valence-electron chi connectivity index (χ0n) is 18.2. The molecule has 2 aromatic carbocycles. The van der Waals surface area contributed by atoms with Gasteiger partial charge in [0.25, 0.3) is 5.56 Å². The Labute approximate surface area is 183 Å². The first-order valence-electron chi connectivity index (χ1n) is 10.4. The topological polar surface area (TPSA) is 52.6 Å². The molecule has 1 aromatic heterocycles. The Bertz CT molecular complexity index is 1060. The fourth-order valence-corrected chi connectivity index (χ4v) is 3.73. The minimum Gasteiger partial charge on any atom is -0.356 e. The van der Waals surface area contributed by atoms with Crippen LogP contribution in [0.25, 0.3) is 10.9 Å². The summed E-state index contributed by atoms with van der Waals surface area (Å²) < 4.78 is 0. The van der Waals surface area contributed by atoms with Crippen molar-refractivity contribution in [1.82, 2.24) is 15.2 Å². The molecule has 0 amide bonds. The maximum absolute atomic E-state index is 12.7. The highest BCUT2D eigenvalue weighted by atomic mass is 32.1. The van der Waals surface area contributed by atoms with Gasteiger partial charge < -0.3 is 20.1 Å². The van der Waals surface area contributed by atoms with E-state index in [0.717, 1.165) is 35.1 Å². The number of hydrogen-bond acceptors (Lipinski definition) is 2. The highest BCUT2D eigenvalue weighted by Gasteiger charge is 2.17. The van der Waals surface area contributed by atoms with Crippen LogP contribution in [-0.2, 0) is 6.54 Å². The number of aromatic amines is 1. The number of benzene rings is 2. The van der Waals surface area contributed by atoms with Crippen LogP contribution in [0.15, 0.2) is 59.4 Å². The van der Waals surface area contributed by atoms with E-state index in [2.05, 4.69) is 54.4 Å². The molecule has 0 bridgehead atoms. The number of likely N-dealkylation sites (N-methyl/N-ethyl adjacent to an activating group) is 1. The Kier molecular flexibility index (Phi) is 7.24. The zero-order valence-corrected chi connectivity index (χ0v) is 19.0. The van der Waals surface area contributed by atoms with E-state index < -0.39 is 0 Å². The number of aryl methyl sites for hydroxylation is 1. The van der Waals surface area contributed by atoms with Crippen molar-refractivity contribution in [3.63, 3.8) is 0 Å². The summed E-state index contributed by atoms with van der Waals surface area (Å²) in [7, 11) is 4.23. The predicted molar refractivity (Wildman–Crippen MR) is 128 cm³/mol. The number of pyridine rings is 1. The minimum absolute atomic E-state index is 0.0609. The molecule has 1 atom stereocenters. The SMILES string of the molecule is Cc1ccc2cc(CN(CC[NH+](C)C)C(=S)N[C@H](C)c3ccccc3)c(=O)[nH]c2c1. The number of nitrogens with one attached hydrogen (secondary N) is 3. The van der Waals surface area contributed by atoms with Crippen LogP contribution in [-0.4, -0.2) is 42.2 Å². The van der Waals surface area contributed by atoms with Gasteiger partial charge in [-0.1, -0.05) is 42.5 Å². The Morgan fingerprint density at radius 3 is 2.60 bits per heavy atom. The molecule has 5 nitrogen and oxygen atoms in total. The van der Waals surface area contributed by atoms with Gasteiger partial charge >= 0.3 is 0 Å². The van der Waals surface area contributed by atoms with E-state index in [9.17, 15) is 4.79 Å². The average molecular weight is 424 g/mol. The van der Waals surface area contributed by atoms with E-state index in [1.165, 1.54) is 10.5 Å². The standard InChI is InChI=1S/C24H30N4OS/c1-17-10-11-20-15-21(23(29)26-22(20)14-17)16-28(13-12-27(3)4)24(30)25-18(2)19-8-6-5-7-9-19/h5-11,14-15,18H,12-13,16H2,1-4H3,(H,25,30)(H,26,29)/p+1/t18-/m1/s1. The summed E-state index contributed by atoms with van der Waals surface area (Å²) in [6.07, 6.45) is 0. The highest BCUT2D eigenvalue weighted by Crippen LogP contribution is 2.15. The number of fused-ring (bicyclic) bond motifs is 1. The summed E-state index contributed by atoms with van der Waals surface area (Å²) in [6.45, 7) is 6.28. The van der Waals surface area contributed by atoms with Crippen LogP contribution in [0.3, 0.4) is 0 Å². The summed E-state index contributed by atoms with van der Waals surface area (Å²) in [6, 6.07) is 18.4. The van der Waals surface area contributed by atoms with E-state index in [-0.39, 0.29) is 11.6 Å². The second-order valence-corrected chi connectivity index (χ2v) is 8.56. The van der Waals surface area contributed by atoms with E-state index >= 15 is 0 Å². The lowest BCUT2D eigenvalue weighted by molar-refractivity contribution is -0.857. The van der Waals surface area contributed by atoms with E-state index in [0.29, 0.717) is 11.7 Å². The summed E-state index contributed by atoms with van der Waals surface area (Å²) in [5.41, 5.74) is 3.83. The zero-order chi connectivity index (χ0) is 21.7. The Hall–Kier alpha value is -2.70. The van der Waals surface area contributed by atoms with Crippen molar-refractivity contribution >= 4 is 28.2 Å². The van der Waals surface area contributed by atoms with Gasteiger partial charge in [0.2, 0.25) is 0 Å². The molecule has 3 aromatic rings. The molecule has 158 valence electrons. The first-order chi connectivity index (χ1) is 14.3. The van der Waals surface area contributed by atoms with Crippen LogP contribution < -0.4 is 15.8 Å². The molecule has 0 unspecified atom stereocenters. The number of quaternary nitrogens is 1. The second-order valence-electron chi connectivity index (χ2n) is 8.17. The van der Waals surface area contributed by atoms with Gasteiger partial charge in [-0.05, 0) is 54.7 Å². The molecule has 0 aliphatic heterocycles. The number of H-pyrrole nitrogens is 1. The molecule has 0 aliphatic rings. The van der Waals surface area contributed by atoms with Crippen LogP contribution in [0.4, 0.5) is 0 Å². The van der Waals surface area contributed by atoms with Gasteiger partial charge in [0.1, 0.15) is 0 Å². The third-order valence-electron chi connectivity index (χ3n) is 5.25. The van der Waals surface area contributed by atoms with Crippen molar-refractivity contribution in [3.8, 4) is 0 Å². The molecule has 30 heavy (non-hydrogen) atoms. The molecule has 0 aliphatic carbocycles. The summed E-state index contributed by atoms with van der Waals surface area (Å²) in [5.74, 6) is 0. The molecule has 3 N–H and O–H groups in total. The van der Waals surface area contributed by atoms with E-state index in [4.69, 9.17) is 12.2 Å².